The number of carbonyl (C=O) groups excluding carboxylic acids is 2. The average Bonchev–Trinajstić information content (AvgIpc) is 3.04. The minimum absolute atomic E-state index is 0.0172. The van der Waals surface area contributed by atoms with Gasteiger partial charge in [-0.3, -0.25) is 9.52 Å². The molecule has 0 amide bonds. The van der Waals surface area contributed by atoms with E-state index in [9.17, 15) is 18.0 Å². The number of anilines is 1. The molecule has 0 bridgehead atoms. The number of benzene rings is 2. The molecule has 0 fully saturated rings. The summed E-state index contributed by atoms with van der Waals surface area (Å²) in [4.78, 5) is 24.7. The first kappa shape index (κ1) is 18.7. The first-order valence-electron chi connectivity index (χ1n) is 8.04. The Kier molecular flexibility index (Phi) is 5.00. The largest absolute Gasteiger partial charge is 0.449 e. The molecule has 7 nitrogen and oxygen atoms in total. The summed E-state index contributed by atoms with van der Waals surface area (Å²) in [5.41, 5.74) is 1.18. The zero-order valence-corrected chi connectivity index (χ0v) is 15.4. The average molecular weight is 387 g/mol. The minimum Gasteiger partial charge on any atom is -0.449 e. The van der Waals surface area contributed by atoms with Gasteiger partial charge in [0, 0.05) is 16.6 Å². The quantitative estimate of drug-likeness (QED) is 0.514. The van der Waals surface area contributed by atoms with E-state index in [1.54, 1.807) is 24.3 Å². The predicted octanol–water partition coefficient (Wildman–Crippen LogP) is 3.23. The Bertz CT molecular complexity index is 1070. The Morgan fingerprint density at radius 2 is 1.74 bits per heavy atom. The molecule has 3 rings (SSSR count). The molecule has 0 saturated carbocycles. The van der Waals surface area contributed by atoms with Gasteiger partial charge in [0.25, 0.3) is 0 Å². The van der Waals surface area contributed by atoms with Gasteiger partial charge in [0.1, 0.15) is 5.58 Å². The lowest BCUT2D eigenvalue weighted by molar-refractivity contribution is 0.0291. The topological polar surface area (TPSA) is 103 Å². The fourth-order valence-corrected chi connectivity index (χ4v) is 3.07. The fourth-order valence-electron chi connectivity index (χ4n) is 2.51. The summed E-state index contributed by atoms with van der Waals surface area (Å²) in [7, 11) is -3.40. The Labute approximate surface area is 156 Å². The van der Waals surface area contributed by atoms with Crippen molar-refractivity contribution >= 4 is 38.4 Å². The van der Waals surface area contributed by atoms with Crippen LogP contribution >= 0.6 is 0 Å². The molecule has 0 aliphatic heterocycles. The molecule has 1 unspecified atom stereocenters. The summed E-state index contributed by atoms with van der Waals surface area (Å²) < 4.78 is 35.3. The molecule has 1 heterocycles. The van der Waals surface area contributed by atoms with Crippen LogP contribution < -0.4 is 4.72 Å². The highest BCUT2D eigenvalue weighted by atomic mass is 32.2. The molecule has 3 aromatic rings. The van der Waals surface area contributed by atoms with Crippen LogP contribution in [0, 0.1) is 0 Å². The molecule has 1 N–H and O–H groups in total. The maximum Gasteiger partial charge on any atom is 0.374 e. The number of fused-ring (bicyclic) bond motifs is 1. The molecule has 2 aromatic carbocycles. The van der Waals surface area contributed by atoms with Gasteiger partial charge in [-0.1, -0.05) is 18.2 Å². The summed E-state index contributed by atoms with van der Waals surface area (Å²) in [6.07, 6.45) is 0.00508. The van der Waals surface area contributed by atoms with E-state index in [0.717, 1.165) is 11.6 Å². The van der Waals surface area contributed by atoms with Gasteiger partial charge in [-0.05, 0) is 43.3 Å². The van der Waals surface area contributed by atoms with Gasteiger partial charge >= 0.3 is 5.97 Å². The van der Waals surface area contributed by atoms with E-state index in [4.69, 9.17) is 9.15 Å². The van der Waals surface area contributed by atoms with Crippen molar-refractivity contribution in [3.63, 3.8) is 0 Å². The van der Waals surface area contributed by atoms with Crippen molar-refractivity contribution in [1.82, 2.24) is 0 Å². The molecule has 0 aliphatic carbocycles. The number of Topliss-reactive ketones (excluding diaryl/α,β-unsaturated/α-hetero) is 1. The maximum absolute atomic E-state index is 12.4. The van der Waals surface area contributed by atoms with Gasteiger partial charge in [-0.15, -0.1) is 0 Å². The first-order chi connectivity index (χ1) is 12.7. The highest BCUT2D eigenvalue weighted by molar-refractivity contribution is 7.92. The van der Waals surface area contributed by atoms with E-state index in [1.165, 1.54) is 31.2 Å². The Balaban J connectivity index is 1.68. The van der Waals surface area contributed by atoms with Crippen molar-refractivity contribution < 1.29 is 27.2 Å². The molecule has 0 aliphatic rings. The number of ether oxygens (including phenoxy) is 1. The summed E-state index contributed by atoms with van der Waals surface area (Å²) in [5.74, 6) is -1.13. The van der Waals surface area contributed by atoms with Crippen LogP contribution in [0.1, 0.15) is 27.8 Å². The number of carbonyl (C=O) groups is 2. The molecule has 0 radical (unpaired) electrons. The Morgan fingerprint density at radius 1 is 1.07 bits per heavy atom. The number of rotatable bonds is 6. The molecule has 8 heteroatoms. The van der Waals surface area contributed by atoms with Crippen molar-refractivity contribution in [2.24, 2.45) is 0 Å². The smallest absolute Gasteiger partial charge is 0.374 e. The summed E-state index contributed by atoms with van der Waals surface area (Å²) >= 11 is 0. The number of hydrogen-bond acceptors (Lipinski definition) is 6. The molecule has 1 aromatic heterocycles. The van der Waals surface area contributed by atoms with Crippen molar-refractivity contribution in [3.05, 3.63) is 65.9 Å². The van der Waals surface area contributed by atoms with Crippen LogP contribution in [-0.2, 0) is 14.8 Å². The van der Waals surface area contributed by atoms with Gasteiger partial charge < -0.3 is 9.15 Å². The fraction of sp³-hybridized carbons (Fsp3) is 0.158. The van der Waals surface area contributed by atoms with Crippen LogP contribution in [0.2, 0.25) is 0 Å². The molecule has 0 saturated heterocycles. The molecular formula is C19H17NO6S. The highest BCUT2D eigenvalue weighted by Crippen LogP contribution is 2.20. The predicted molar refractivity (Wildman–Crippen MR) is 100 cm³/mol. The molecule has 27 heavy (non-hydrogen) atoms. The maximum atomic E-state index is 12.4. The monoisotopic (exact) mass is 387 g/mol. The number of esters is 1. The lowest BCUT2D eigenvalue weighted by Gasteiger charge is -2.12. The van der Waals surface area contributed by atoms with Crippen LogP contribution in [0.15, 0.2) is 59.0 Å². The van der Waals surface area contributed by atoms with Gasteiger partial charge in [0.2, 0.25) is 21.6 Å². The number of ketones is 1. The van der Waals surface area contributed by atoms with Crippen molar-refractivity contribution in [2.45, 2.75) is 13.0 Å². The number of para-hydroxylation sites is 1. The normalized spacial score (nSPS) is 12.5. The van der Waals surface area contributed by atoms with Crippen LogP contribution in [-0.4, -0.2) is 32.5 Å². The minimum atomic E-state index is -3.40. The second-order valence-electron chi connectivity index (χ2n) is 6.01. The number of furan rings is 1. The molecule has 140 valence electrons. The van der Waals surface area contributed by atoms with E-state index in [-0.39, 0.29) is 5.76 Å². The van der Waals surface area contributed by atoms with Crippen molar-refractivity contribution in [2.75, 3.05) is 11.0 Å². The third-order valence-electron chi connectivity index (χ3n) is 3.75. The number of hydrogen-bond donors (Lipinski definition) is 1. The summed E-state index contributed by atoms with van der Waals surface area (Å²) in [6, 6.07) is 14.5. The Hall–Kier alpha value is -3.13. The second-order valence-corrected chi connectivity index (χ2v) is 7.76. The van der Waals surface area contributed by atoms with Gasteiger partial charge in [-0.2, -0.15) is 0 Å². The third kappa shape index (κ3) is 4.53. The van der Waals surface area contributed by atoms with Gasteiger partial charge in [0.15, 0.2) is 6.10 Å². The standard InChI is InChI=1S/C19H17NO6S/c1-12(18(21)13-7-9-15(10-8-13)20-27(2,23)24)25-19(22)17-11-14-5-3-4-6-16(14)26-17/h3-12,20H,1-2H3. The van der Waals surface area contributed by atoms with Crippen molar-refractivity contribution in [1.29, 1.82) is 0 Å². The molecular weight excluding hydrogens is 370 g/mol. The lowest BCUT2D eigenvalue weighted by atomic mass is 10.1. The van der Waals surface area contributed by atoms with Crippen LogP contribution in [0.5, 0.6) is 0 Å². The SMILES string of the molecule is CC(OC(=O)c1cc2ccccc2o1)C(=O)c1ccc(NS(C)(=O)=O)cc1. The third-order valence-corrected chi connectivity index (χ3v) is 4.36. The summed E-state index contributed by atoms with van der Waals surface area (Å²) in [6.45, 7) is 1.46. The second kappa shape index (κ2) is 7.24. The molecule has 1 atom stereocenters. The van der Waals surface area contributed by atoms with Gasteiger partial charge in [0.05, 0.1) is 6.26 Å². The summed E-state index contributed by atoms with van der Waals surface area (Å²) in [5, 5.41) is 0.761. The Morgan fingerprint density at radius 3 is 2.37 bits per heavy atom. The lowest BCUT2D eigenvalue weighted by Crippen LogP contribution is -2.24. The van der Waals surface area contributed by atoms with E-state index in [2.05, 4.69) is 4.72 Å². The van der Waals surface area contributed by atoms with Crippen LogP contribution in [0.3, 0.4) is 0 Å². The molecule has 0 spiro atoms. The number of nitrogens with one attached hydrogen (secondary N) is 1. The zero-order chi connectivity index (χ0) is 19.6. The van der Waals surface area contributed by atoms with E-state index in [0.29, 0.717) is 16.8 Å². The van der Waals surface area contributed by atoms with Crippen LogP contribution in [0.25, 0.3) is 11.0 Å². The van der Waals surface area contributed by atoms with E-state index >= 15 is 0 Å². The first-order valence-corrected chi connectivity index (χ1v) is 9.94. The van der Waals surface area contributed by atoms with Crippen molar-refractivity contribution in [3.8, 4) is 0 Å². The highest BCUT2D eigenvalue weighted by Gasteiger charge is 2.22. The van der Waals surface area contributed by atoms with Crippen LogP contribution in [0.4, 0.5) is 5.69 Å². The van der Waals surface area contributed by atoms with E-state index in [1.807, 2.05) is 6.07 Å². The number of sulfonamides is 1. The van der Waals surface area contributed by atoms with E-state index < -0.39 is 27.9 Å². The van der Waals surface area contributed by atoms with Gasteiger partial charge in [-0.25, -0.2) is 13.2 Å². The zero-order valence-electron chi connectivity index (χ0n) is 14.6.